The van der Waals surface area contributed by atoms with E-state index in [1.165, 1.54) is 6.92 Å². The lowest BCUT2D eigenvalue weighted by Crippen LogP contribution is -2.59. The van der Waals surface area contributed by atoms with Crippen LogP contribution in [0, 0.1) is 0 Å². The van der Waals surface area contributed by atoms with Crippen molar-refractivity contribution in [1.29, 1.82) is 0 Å². The average molecular weight is 290 g/mol. The van der Waals surface area contributed by atoms with Crippen LogP contribution in [0.2, 0.25) is 0 Å². The van der Waals surface area contributed by atoms with Crippen molar-refractivity contribution < 1.29 is 31.1 Å². The minimum atomic E-state index is -5.52. The fourth-order valence-electron chi connectivity index (χ4n) is 1.55. The average Bonchev–Trinajstić information content (AvgIpc) is 2.28. The molecule has 1 aliphatic rings. The highest BCUT2D eigenvalue weighted by molar-refractivity contribution is 7.90. The molecule has 106 valence electrons. The molecule has 0 saturated carbocycles. The number of carbonyl (C=O) groups is 1. The number of alkyl halides is 3. The molecule has 18 heavy (non-hydrogen) atoms. The zero-order valence-corrected chi connectivity index (χ0v) is 10.3. The Morgan fingerprint density at radius 1 is 1.50 bits per heavy atom. The molecule has 10 heteroatoms. The van der Waals surface area contributed by atoms with Gasteiger partial charge in [-0.15, -0.1) is 0 Å². The van der Waals surface area contributed by atoms with E-state index in [0.717, 1.165) is 0 Å². The zero-order chi connectivity index (χ0) is 14.0. The molecular formula is C8H13F3N2O4S. The standard InChI is InChI=1S/C8H13F3N2O4S/c1-2-17-7(14)6-5-12-3-4-13(6)18(15,16)8(9,10)11/h6,12H,2-5H2,1H3. The Balaban J connectivity index is 3.00. The molecule has 0 aromatic rings. The second-order valence-corrected chi connectivity index (χ2v) is 5.42. The smallest absolute Gasteiger partial charge is 0.465 e. The molecule has 1 rings (SSSR count). The van der Waals surface area contributed by atoms with Crippen molar-refractivity contribution in [2.75, 3.05) is 26.2 Å². The second kappa shape index (κ2) is 5.41. The fourth-order valence-corrected chi connectivity index (χ4v) is 2.64. The van der Waals surface area contributed by atoms with Gasteiger partial charge in [-0.1, -0.05) is 0 Å². The molecule has 0 aromatic carbocycles. The van der Waals surface area contributed by atoms with E-state index in [1.54, 1.807) is 0 Å². The number of sulfonamides is 1. The molecule has 0 bridgehead atoms. The molecule has 0 aliphatic carbocycles. The maximum atomic E-state index is 12.4. The predicted molar refractivity (Wildman–Crippen MR) is 55.0 cm³/mol. The van der Waals surface area contributed by atoms with Crippen molar-refractivity contribution >= 4 is 16.0 Å². The first kappa shape index (κ1) is 15.2. The summed E-state index contributed by atoms with van der Waals surface area (Å²) in [7, 11) is -5.52. The molecule has 1 heterocycles. The summed E-state index contributed by atoms with van der Waals surface area (Å²) in [5, 5.41) is 2.65. The van der Waals surface area contributed by atoms with E-state index in [9.17, 15) is 26.4 Å². The molecule has 1 aliphatic heterocycles. The van der Waals surface area contributed by atoms with Gasteiger partial charge in [0, 0.05) is 19.6 Å². The predicted octanol–water partition coefficient (Wildman–Crippen LogP) is -0.327. The van der Waals surface area contributed by atoms with Crippen molar-refractivity contribution in [2.24, 2.45) is 0 Å². The molecule has 1 fully saturated rings. The van der Waals surface area contributed by atoms with E-state index >= 15 is 0 Å². The third-order valence-corrected chi connectivity index (χ3v) is 3.99. The lowest BCUT2D eigenvalue weighted by atomic mass is 10.2. The molecule has 0 radical (unpaired) electrons. The van der Waals surface area contributed by atoms with Crippen molar-refractivity contribution in [2.45, 2.75) is 18.5 Å². The van der Waals surface area contributed by atoms with Crippen molar-refractivity contribution in [3.63, 3.8) is 0 Å². The maximum Gasteiger partial charge on any atom is 0.511 e. The normalized spacial score (nSPS) is 22.8. The van der Waals surface area contributed by atoms with Gasteiger partial charge >= 0.3 is 21.5 Å². The minimum Gasteiger partial charge on any atom is -0.465 e. The van der Waals surface area contributed by atoms with Gasteiger partial charge in [-0.2, -0.15) is 17.5 Å². The third-order valence-electron chi connectivity index (χ3n) is 2.35. The highest BCUT2D eigenvalue weighted by Crippen LogP contribution is 2.28. The van der Waals surface area contributed by atoms with E-state index in [-0.39, 0.29) is 24.0 Å². The van der Waals surface area contributed by atoms with Gasteiger partial charge in [0.2, 0.25) is 0 Å². The Bertz CT molecular complexity index is 409. The first-order chi connectivity index (χ1) is 8.21. The van der Waals surface area contributed by atoms with E-state index < -0.39 is 34.1 Å². The van der Waals surface area contributed by atoms with Crippen LogP contribution in [0.15, 0.2) is 0 Å². The van der Waals surface area contributed by atoms with Crippen LogP contribution in [0.1, 0.15) is 6.92 Å². The molecule has 1 saturated heterocycles. The van der Waals surface area contributed by atoms with Crippen LogP contribution in [0.4, 0.5) is 13.2 Å². The molecular weight excluding hydrogens is 277 g/mol. The minimum absolute atomic E-state index is 0.0325. The second-order valence-electron chi connectivity index (χ2n) is 3.53. The van der Waals surface area contributed by atoms with Gasteiger partial charge in [-0.05, 0) is 6.92 Å². The number of esters is 1. The van der Waals surface area contributed by atoms with Crippen LogP contribution in [0.25, 0.3) is 0 Å². The number of rotatable bonds is 3. The first-order valence-electron chi connectivity index (χ1n) is 5.17. The third kappa shape index (κ3) is 2.93. The molecule has 1 unspecified atom stereocenters. The fraction of sp³-hybridized carbons (Fsp3) is 0.875. The lowest BCUT2D eigenvalue weighted by molar-refractivity contribution is -0.148. The molecule has 1 N–H and O–H groups in total. The summed E-state index contributed by atoms with van der Waals surface area (Å²) in [5.41, 5.74) is -5.42. The Kier molecular flexibility index (Phi) is 4.56. The van der Waals surface area contributed by atoms with Crippen molar-refractivity contribution in [3.05, 3.63) is 0 Å². The van der Waals surface area contributed by atoms with Gasteiger partial charge in [-0.3, -0.25) is 4.79 Å². The zero-order valence-electron chi connectivity index (χ0n) is 9.53. The molecule has 0 amide bonds. The van der Waals surface area contributed by atoms with Gasteiger partial charge in [0.1, 0.15) is 6.04 Å². The summed E-state index contributed by atoms with van der Waals surface area (Å²) in [6.45, 7) is 0.872. The quantitative estimate of drug-likeness (QED) is 0.721. The monoisotopic (exact) mass is 290 g/mol. The lowest BCUT2D eigenvalue weighted by Gasteiger charge is -2.33. The number of hydrogen-bond donors (Lipinski definition) is 1. The summed E-state index contributed by atoms with van der Waals surface area (Å²) in [4.78, 5) is 11.4. The summed E-state index contributed by atoms with van der Waals surface area (Å²) >= 11 is 0. The number of hydrogen-bond acceptors (Lipinski definition) is 5. The maximum absolute atomic E-state index is 12.4. The van der Waals surface area contributed by atoms with Gasteiger partial charge in [-0.25, -0.2) is 8.42 Å². The van der Waals surface area contributed by atoms with E-state index in [1.807, 2.05) is 0 Å². The van der Waals surface area contributed by atoms with E-state index in [0.29, 0.717) is 0 Å². The van der Waals surface area contributed by atoms with Crippen LogP contribution >= 0.6 is 0 Å². The SMILES string of the molecule is CCOC(=O)C1CNCCN1S(=O)(=O)C(F)(F)F. The Hall–Kier alpha value is -0.870. The Morgan fingerprint density at radius 2 is 2.11 bits per heavy atom. The number of ether oxygens (including phenoxy) is 1. The van der Waals surface area contributed by atoms with Gasteiger partial charge in [0.25, 0.3) is 0 Å². The summed E-state index contributed by atoms with van der Waals surface area (Å²) < 4.78 is 64.6. The first-order valence-corrected chi connectivity index (χ1v) is 6.61. The highest BCUT2D eigenvalue weighted by Gasteiger charge is 2.53. The number of halogens is 3. The largest absolute Gasteiger partial charge is 0.511 e. The highest BCUT2D eigenvalue weighted by atomic mass is 32.2. The molecule has 0 spiro atoms. The number of piperazine rings is 1. The van der Waals surface area contributed by atoms with E-state index in [2.05, 4.69) is 10.1 Å². The number of nitrogens with zero attached hydrogens (tertiary/aromatic N) is 1. The topological polar surface area (TPSA) is 75.7 Å². The summed E-state index contributed by atoms with van der Waals surface area (Å²) in [6.07, 6.45) is 0. The van der Waals surface area contributed by atoms with Gasteiger partial charge < -0.3 is 10.1 Å². The van der Waals surface area contributed by atoms with E-state index in [4.69, 9.17) is 0 Å². The van der Waals surface area contributed by atoms with Crippen LogP contribution in [-0.2, 0) is 19.6 Å². The van der Waals surface area contributed by atoms with Crippen molar-refractivity contribution in [3.8, 4) is 0 Å². The Morgan fingerprint density at radius 3 is 2.61 bits per heavy atom. The molecule has 0 aromatic heterocycles. The van der Waals surface area contributed by atoms with Crippen LogP contribution < -0.4 is 5.32 Å². The molecule has 6 nitrogen and oxygen atoms in total. The Labute approximate surface area is 102 Å². The van der Waals surface area contributed by atoms with Crippen LogP contribution in [-0.4, -0.2) is 56.5 Å². The molecule has 1 atom stereocenters. The summed E-state index contributed by atoms with van der Waals surface area (Å²) in [5.74, 6) is -0.988. The van der Waals surface area contributed by atoms with Crippen LogP contribution in [0.5, 0.6) is 0 Å². The van der Waals surface area contributed by atoms with Crippen LogP contribution in [0.3, 0.4) is 0 Å². The summed E-state index contributed by atoms with van der Waals surface area (Å²) in [6, 6.07) is -1.48. The number of nitrogens with one attached hydrogen (secondary N) is 1. The number of carbonyl (C=O) groups excluding carboxylic acids is 1. The van der Waals surface area contributed by atoms with Gasteiger partial charge in [0.05, 0.1) is 6.61 Å². The van der Waals surface area contributed by atoms with Crippen molar-refractivity contribution in [1.82, 2.24) is 9.62 Å². The van der Waals surface area contributed by atoms with Gasteiger partial charge in [0.15, 0.2) is 0 Å².